The van der Waals surface area contributed by atoms with Gasteiger partial charge in [-0.3, -0.25) is 4.79 Å². The number of hydrogen-bond donors (Lipinski definition) is 3. The Balaban J connectivity index is 2.93. The van der Waals surface area contributed by atoms with Crippen LogP contribution in [0.15, 0.2) is 18.2 Å². The fourth-order valence-corrected chi connectivity index (χ4v) is 1.18. The van der Waals surface area contributed by atoms with Crippen LogP contribution in [-0.4, -0.2) is 29.7 Å². The topological polar surface area (TPSA) is 102 Å². The summed E-state index contributed by atoms with van der Waals surface area (Å²) in [5, 5.41) is 11.4. The van der Waals surface area contributed by atoms with Gasteiger partial charge in [0.2, 0.25) is 0 Å². The molecular weight excluding hydrogens is 236 g/mol. The van der Waals surface area contributed by atoms with Gasteiger partial charge in [-0.15, -0.1) is 0 Å². The maximum Gasteiger partial charge on any atom is 0.335 e. The van der Waals surface area contributed by atoms with Gasteiger partial charge in [-0.1, -0.05) is 0 Å². The van der Waals surface area contributed by atoms with Gasteiger partial charge in [0.25, 0.3) is 5.91 Å². The van der Waals surface area contributed by atoms with Crippen LogP contribution in [0.2, 0.25) is 0 Å². The lowest BCUT2D eigenvalue weighted by Gasteiger charge is -2.22. The molecule has 1 aromatic carbocycles. The van der Waals surface area contributed by atoms with Gasteiger partial charge in [0.15, 0.2) is 0 Å². The van der Waals surface area contributed by atoms with E-state index >= 15 is 0 Å². The summed E-state index contributed by atoms with van der Waals surface area (Å²) in [6.45, 7) is 3.23. The Hall–Kier alpha value is -2.08. The quantitative estimate of drug-likeness (QED) is 0.702. The van der Waals surface area contributed by atoms with Crippen molar-refractivity contribution in [2.24, 2.45) is 0 Å². The van der Waals surface area contributed by atoms with Crippen LogP contribution in [0.5, 0.6) is 0 Å². The minimum atomic E-state index is -1.07. The number of hydrogen-bond acceptors (Lipinski definition) is 4. The van der Waals surface area contributed by atoms with Crippen LogP contribution in [0, 0.1) is 0 Å². The third-order valence-corrected chi connectivity index (χ3v) is 2.60. The molecule has 0 unspecified atom stereocenters. The van der Waals surface area contributed by atoms with Gasteiger partial charge < -0.3 is 20.9 Å². The maximum absolute atomic E-state index is 11.8. The summed E-state index contributed by atoms with van der Waals surface area (Å²) in [6, 6.07) is 4.11. The van der Waals surface area contributed by atoms with Gasteiger partial charge in [0.1, 0.15) is 5.60 Å². The van der Waals surface area contributed by atoms with Crippen LogP contribution in [0.3, 0.4) is 0 Å². The third-order valence-electron chi connectivity index (χ3n) is 2.60. The predicted octanol–water partition coefficient (Wildman–Crippen LogP) is 1.33. The van der Waals surface area contributed by atoms with Crippen LogP contribution in [-0.2, 0) is 9.53 Å². The van der Waals surface area contributed by atoms with E-state index < -0.39 is 11.6 Å². The zero-order valence-corrected chi connectivity index (χ0v) is 10.5. The Morgan fingerprint density at radius 2 is 2.00 bits per heavy atom. The molecule has 0 aliphatic carbocycles. The van der Waals surface area contributed by atoms with E-state index in [1.165, 1.54) is 25.3 Å². The average molecular weight is 252 g/mol. The average Bonchev–Trinajstić information content (AvgIpc) is 2.31. The second-order valence-electron chi connectivity index (χ2n) is 4.28. The van der Waals surface area contributed by atoms with Crippen molar-refractivity contribution in [3.63, 3.8) is 0 Å². The molecule has 0 aliphatic heterocycles. The monoisotopic (exact) mass is 252 g/mol. The highest BCUT2D eigenvalue weighted by molar-refractivity contribution is 6.00. The van der Waals surface area contributed by atoms with E-state index in [-0.39, 0.29) is 17.2 Å². The summed E-state index contributed by atoms with van der Waals surface area (Å²) >= 11 is 0. The van der Waals surface area contributed by atoms with Crippen LogP contribution in [0.1, 0.15) is 24.2 Å². The summed E-state index contributed by atoms with van der Waals surface area (Å²) in [5.74, 6) is -1.43. The normalized spacial score (nSPS) is 11.1. The highest BCUT2D eigenvalue weighted by Gasteiger charge is 2.27. The van der Waals surface area contributed by atoms with Gasteiger partial charge >= 0.3 is 5.97 Å². The Bertz CT molecular complexity index is 483. The fourth-order valence-electron chi connectivity index (χ4n) is 1.18. The lowest BCUT2D eigenvalue weighted by atomic mass is 10.1. The van der Waals surface area contributed by atoms with Crippen LogP contribution < -0.4 is 11.1 Å². The Kier molecular flexibility index (Phi) is 3.93. The Morgan fingerprint density at radius 1 is 1.39 bits per heavy atom. The van der Waals surface area contributed by atoms with Crippen molar-refractivity contribution in [2.75, 3.05) is 18.2 Å². The summed E-state index contributed by atoms with van der Waals surface area (Å²) in [4.78, 5) is 22.6. The molecule has 1 amide bonds. The highest BCUT2D eigenvalue weighted by atomic mass is 16.5. The molecule has 0 bridgehead atoms. The summed E-state index contributed by atoms with van der Waals surface area (Å²) in [5.41, 5.74) is 5.30. The number of rotatable bonds is 4. The van der Waals surface area contributed by atoms with Crippen molar-refractivity contribution in [2.45, 2.75) is 19.4 Å². The van der Waals surface area contributed by atoms with E-state index in [9.17, 15) is 9.59 Å². The van der Waals surface area contributed by atoms with E-state index in [0.29, 0.717) is 5.69 Å². The number of benzene rings is 1. The van der Waals surface area contributed by atoms with Crippen molar-refractivity contribution in [1.29, 1.82) is 0 Å². The molecule has 1 rings (SSSR count). The molecule has 0 aliphatic rings. The largest absolute Gasteiger partial charge is 0.478 e. The zero-order chi connectivity index (χ0) is 13.9. The second-order valence-corrected chi connectivity index (χ2v) is 4.28. The molecule has 0 heterocycles. The van der Waals surface area contributed by atoms with Gasteiger partial charge in [-0.2, -0.15) is 0 Å². The third kappa shape index (κ3) is 2.98. The van der Waals surface area contributed by atoms with Gasteiger partial charge in [0, 0.05) is 7.11 Å². The molecule has 0 saturated heterocycles. The second kappa shape index (κ2) is 5.05. The number of nitrogen functional groups attached to an aromatic ring is 1. The number of carbonyl (C=O) groups excluding carboxylic acids is 1. The Morgan fingerprint density at radius 3 is 2.44 bits per heavy atom. The molecule has 0 atom stereocenters. The highest BCUT2D eigenvalue weighted by Crippen LogP contribution is 2.21. The number of anilines is 2. The summed E-state index contributed by atoms with van der Waals surface area (Å²) < 4.78 is 5.03. The first-order valence-electron chi connectivity index (χ1n) is 5.27. The molecule has 18 heavy (non-hydrogen) atoms. The van der Waals surface area contributed by atoms with Gasteiger partial charge in [-0.05, 0) is 32.0 Å². The number of amides is 1. The molecule has 4 N–H and O–H groups in total. The molecule has 0 aromatic heterocycles. The number of nitrogens with one attached hydrogen (secondary N) is 1. The number of methoxy groups -OCH3 is 1. The first-order chi connectivity index (χ1) is 8.27. The van der Waals surface area contributed by atoms with Gasteiger partial charge in [-0.25, -0.2) is 4.79 Å². The molecule has 0 spiro atoms. The SMILES string of the molecule is COC(C)(C)C(=O)Nc1ccc(C(=O)O)cc1N. The molecule has 0 radical (unpaired) electrons. The molecule has 6 nitrogen and oxygen atoms in total. The first-order valence-corrected chi connectivity index (χ1v) is 5.27. The predicted molar refractivity (Wildman–Crippen MR) is 67.5 cm³/mol. The molecule has 0 fully saturated rings. The molecule has 0 saturated carbocycles. The van der Waals surface area contributed by atoms with Crippen molar-refractivity contribution < 1.29 is 19.4 Å². The number of carboxylic acids is 1. The zero-order valence-electron chi connectivity index (χ0n) is 10.5. The first kappa shape index (κ1) is 14.0. The van der Waals surface area contributed by atoms with Crippen molar-refractivity contribution in [3.05, 3.63) is 23.8 Å². The summed E-state index contributed by atoms with van der Waals surface area (Å²) in [6.07, 6.45) is 0. The lowest BCUT2D eigenvalue weighted by molar-refractivity contribution is -0.133. The number of carboxylic acid groups (broad SMARTS) is 1. The Labute approximate surface area is 105 Å². The maximum atomic E-state index is 11.8. The van der Waals surface area contributed by atoms with Gasteiger partial charge in [0.05, 0.1) is 16.9 Å². The van der Waals surface area contributed by atoms with Crippen LogP contribution >= 0.6 is 0 Å². The molecular formula is C12H16N2O4. The minimum absolute atomic E-state index is 0.0662. The van der Waals surface area contributed by atoms with Crippen molar-refractivity contribution in [3.8, 4) is 0 Å². The molecule has 6 heteroatoms. The van der Waals surface area contributed by atoms with E-state index in [0.717, 1.165) is 0 Å². The van der Waals surface area contributed by atoms with Crippen molar-refractivity contribution >= 4 is 23.3 Å². The van der Waals surface area contributed by atoms with Crippen LogP contribution in [0.4, 0.5) is 11.4 Å². The van der Waals surface area contributed by atoms with Crippen molar-refractivity contribution in [1.82, 2.24) is 0 Å². The fraction of sp³-hybridized carbons (Fsp3) is 0.333. The number of aromatic carboxylic acids is 1. The molecule has 98 valence electrons. The number of ether oxygens (including phenoxy) is 1. The minimum Gasteiger partial charge on any atom is -0.478 e. The standard InChI is InChI=1S/C12H16N2O4/c1-12(2,18-3)11(17)14-9-5-4-7(10(15)16)6-8(9)13/h4-6H,13H2,1-3H3,(H,14,17)(H,15,16). The lowest BCUT2D eigenvalue weighted by Crippen LogP contribution is -2.39. The van der Waals surface area contributed by atoms with E-state index in [1.807, 2.05) is 0 Å². The number of nitrogens with two attached hydrogens (primary N) is 1. The molecule has 1 aromatic rings. The van der Waals surface area contributed by atoms with E-state index in [2.05, 4.69) is 5.32 Å². The summed E-state index contributed by atoms with van der Waals surface area (Å²) in [7, 11) is 1.43. The van der Waals surface area contributed by atoms with E-state index in [1.54, 1.807) is 13.8 Å². The smallest absolute Gasteiger partial charge is 0.335 e. The van der Waals surface area contributed by atoms with E-state index in [4.69, 9.17) is 15.6 Å². The number of carbonyl (C=O) groups is 2. The van der Waals surface area contributed by atoms with Crippen LogP contribution in [0.25, 0.3) is 0 Å².